The van der Waals surface area contributed by atoms with Gasteiger partial charge >= 0.3 is 6.03 Å². The van der Waals surface area contributed by atoms with Crippen LogP contribution in [0.3, 0.4) is 0 Å². The fraction of sp³-hybridized carbons (Fsp3) is 0.833. The van der Waals surface area contributed by atoms with Crippen molar-refractivity contribution in [2.75, 3.05) is 19.6 Å². The third-order valence-electron chi connectivity index (χ3n) is 5.59. The Bertz CT molecular complexity index is 484. The molecule has 0 unspecified atom stereocenters. The van der Waals surface area contributed by atoms with Gasteiger partial charge in [-0.3, -0.25) is 14.5 Å². The number of unbranched alkanes of at least 4 members (excludes halogenated alkanes) is 1. The molecular formula is C18H31N3O3. The van der Waals surface area contributed by atoms with E-state index >= 15 is 0 Å². The molecule has 0 aromatic heterocycles. The van der Waals surface area contributed by atoms with Gasteiger partial charge in [-0.1, -0.05) is 26.7 Å². The molecule has 1 saturated carbocycles. The van der Waals surface area contributed by atoms with E-state index in [1.165, 1.54) is 0 Å². The predicted molar refractivity (Wildman–Crippen MR) is 92.4 cm³/mol. The number of urea groups is 1. The molecule has 0 bridgehead atoms. The van der Waals surface area contributed by atoms with Crippen LogP contribution in [0.2, 0.25) is 0 Å². The largest absolute Gasteiger partial charge is 0.341 e. The molecule has 2 rings (SSSR count). The second kappa shape index (κ2) is 7.99. The minimum atomic E-state index is -0.760. The Morgan fingerprint density at radius 1 is 1.25 bits per heavy atom. The third kappa shape index (κ3) is 3.73. The average molecular weight is 337 g/mol. The number of rotatable bonds is 7. The highest BCUT2D eigenvalue weighted by Crippen LogP contribution is 2.37. The lowest BCUT2D eigenvalue weighted by Crippen LogP contribution is -2.50. The van der Waals surface area contributed by atoms with Gasteiger partial charge in [-0.2, -0.15) is 0 Å². The van der Waals surface area contributed by atoms with Crippen molar-refractivity contribution in [1.29, 1.82) is 0 Å². The number of nitrogens with one attached hydrogen (secondary N) is 1. The van der Waals surface area contributed by atoms with E-state index in [9.17, 15) is 14.4 Å². The Labute approximate surface area is 144 Å². The second-order valence-electron chi connectivity index (χ2n) is 7.08. The minimum absolute atomic E-state index is 0.138. The molecule has 1 heterocycles. The Morgan fingerprint density at radius 3 is 2.46 bits per heavy atom. The van der Waals surface area contributed by atoms with Crippen molar-refractivity contribution in [3.8, 4) is 0 Å². The summed E-state index contributed by atoms with van der Waals surface area (Å²) in [4.78, 5) is 40.4. The molecule has 2 fully saturated rings. The molecular weight excluding hydrogens is 306 g/mol. The first-order valence-corrected chi connectivity index (χ1v) is 9.39. The molecule has 6 nitrogen and oxygen atoms in total. The molecule has 1 N–H and O–H groups in total. The summed E-state index contributed by atoms with van der Waals surface area (Å²) in [6, 6.07) is -0.408. The first-order valence-electron chi connectivity index (χ1n) is 9.39. The highest BCUT2D eigenvalue weighted by atomic mass is 16.2. The summed E-state index contributed by atoms with van der Waals surface area (Å²) in [7, 11) is 0. The summed E-state index contributed by atoms with van der Waals surface area (Å²) < 4.78 is 0. The van der Waals surface area contributed by atoms with Gasteiger partial charge in [0.15, 0.2) is 0 Å². The van der Waals surface area contributed by atoms with E-state index in [-0.39, 0.29) is 18.4 Å². The number of carbonyl (C=O) groups excluding carboxylic acids is 3. The molecule has 1 aliphatic carbocycles. The summed E-state index contributed by atoms with van der Waals surface area (Å²) in [5, 5.41) is 2.89. The van der Waals surface area contributed by atoms with Crippen LogP contribution >= 0.6 is 0 Å². The first-order chi connectivity index (χ1) is 11.5. The quantitative estimate of drug-likeness (QED) is 0.726. The maximum Gasteiger partial charge on any atom is 0.325 e. The van der Waals surface area contributed by atoms with Gasteiger partial charge in [0.2, 0.25) is 5.91 Å². The number of hydrogen-bond donors (Lipinski definition) is 1. The van der Waals surface area contributed by atoms with Crippen molar-refractivity contribution in [3.63, 3.8) is 0 Å². The van der Waals surface area contributed by atoms with E-state index in [2.05, 4.69) is 19.2 Å². The van der Waals surface area contributed by atoms with E-state index in [0.717, 1.165) is 37.0 Å². The van der Waals surface area contributed by atoms with Gasteiger partial charge < -0.3 is 10.2 Å². The molecule has 0 radical (unpaired) electrons. The molecule has 0 aromatic rings. The fourth-order valence-corrected chi connectivity index (χ4v) is 3.78. The summed E-state index contributed by atoms with van der Waals surface area (Å²) in [6.45, 7) is 7.31. The highest BCUT2D eigenvalue weighted by molar-refractivity contribution is 6.09. The average Bonchev–Trinajstić information content (AvgIpc) is 2.80. The zero-order chi connectivity index (χ0) is 17.7. The Balaban J connectivity index is 2.00. The number of amides is 4. The van der Waals surface area contributed by atoms with Crippen LogP contribution in [0.4, 0.5) is 4.79 Å². The first kappa shape index (κ1) is 18.7. The van der Waals surface area contributed by atoms with Gasteiger partial charge in [0.25, 0.3) is 5.91 Å². The Hall–Kier alpha value is -1.59. The van der Waals surface area contributed by atoms with Crippen molar-refractivity contribution < 1.29 is 14.4 Å². The van der Waals surface area contributed by atoms with Crippen molar-refractivity contribution in [3.05, 3.63) is 0 Å². The van der Waals surface area contributed by atoms with Crippen LogP contribution in [0.1, 0.15) is 65.7 Å². The monoisotopic (exact) mass is 337 g/mol. The molecule has 0 atom stereocenters. The lowest BCUT2D eigenvalue weighted by Gasteiger charge is -2.34. The van der Waals surface area contributed by atoms with Gasteiger partial charge in [0, 0.05) is 13.1 Å². The molecule has 4 amide bonds. The molecule has 1 saturated heterocycles. The minimum Gasteiger partial charge on any atom is -0.341 e. The van der Waals surface area contributed by atoms with Gasteiger partial charge in [0.1, 0.15) is 12.1 Å². The maximum absolute atomic E-state index is 12.8. The van der Waals surface area contributed by atoms with E-state index in [4.69, 9.17) is 0 Å². The topological polar surface area (TPSA) is 69.7 Å². The molecule has 136 valence electrons. The van der Waals surface area contributed by atoms with E-state index < -0.39 is 11.6 Å². The molecule has 0 aromatic carbocycles. The third-order valence-corrected chi connectivity index (χ3v) is 5.59. The number of carbonyl (C=O) groups is 3. The second-order valence-corrected chi connectivity index (χ2v) is 7.08. The fourth-order valence-electron chi connectivity index (χ4n) is 3.78. The predicted octanol–water partition coefficient (Wildman–Crippen LogP) is 2.53. The zero-order valence-corrected chi connectivity index (χ0v) is 15.3. The van der Waals surface area contributed by atoms with E-state index in [1.807, 2.05) is 6.92 Å². The van der Waals surface area contributed by atoms with Crippen LogP contribution in [-0.2, 0) is 9.59 Å². The highest BCUT2D eigenvalue weighted by Gasteiger charge is 2.52. The normalized spacial score (nSPS) is 26.8. The van der Waals surface area contributed by atoms with Gasteiger partial charge in [-0.05, 0) is 44.9 Å². The molecule has 24 heavy (non-hydrogen) atoms. The van der Waals surface area contributed by atoms with Gasteiger partial charge in [-0.25, -0.2) is 4.79 Å². The van der Waals surface area contributed by atoms with Crippen molar-refractivity contribution in [2.24, 2.45) is 5.92 Å². The van der Waals surface area contributed by atoms with Gasteiger partial charge in [-0.15, -0.1) is 0 Å². The standard InChI is InChI=1S/C18H31N3O3/c1-4-7-12-20(6-3)15(22)13-21-16(23)18(19-17(21)24)10-8-14(5-2)9-11-18/h14H,4-13H2,1-3H3,(H,19,24). The van der Waals surface area contributed by atoms with Crippen LogP contribution < -0.4 is 5.32 Å². The van der Waals surface area contributed by atoms with Gasteiger partial charge in [0.05, 0.1) is 0 Å². The summed E-state index contributed by atoms with van der Waals surface area (Å²) >= 11 is 0. The van der Waals surface area contributed by atoms with Crippen LogP contribution in [0.25, 0.3) is 0 Å². The zero-order valence-electron chi connectivity index (χ0n) is 15.3. The number of nitrogens with zero attached hydrogens (tertiary/aromatic N) is 2. The number of hydrogen-bond acceptors (Lipinski definition) is 3. The molecule has 2 aliphatic rings. The maximum atomic E-state index is 12.8. The van der Waals surface area contributed by atoms with Crippen LogP contribution in [0.15, 0.2) is 0 Å². The summed E-state index contributed by atoms with van der Waals surface area (Å²) in [5.74, 6) is 0.288. The van der Waals surface area contributed by atoms with Crippen molar-refractivity contribution in [2.45, 2.75) is 71.3 Å². The lowest BCUT2D eigenvalue weighted by atomic mass is 9.75. The summed E-state index contributed by atoms with van der Waals surface area (Å²) in [5.41, 5.74) is -0.760. The molecule has 6 heteroatoms. The molecule has 1 aliphatic heterocycles. The SMILES string of the molecule is CCCCN(CC)C(=O)CN1C(=O)NC2(CCC(CC)CC2)C1=O. The lowest BCUT2D eigenvalue weighted by molar-refractivity contribution is -0.139. The van der Waals surface area contributed by atoms with Crippen LogP contribution in [0.5, 0.6) is 0 Å². The molecule has 1 spiro atoms. The van der Waals surface area contributed by atoms with Crippen LogP contribution in [-0.4, -0.2) is 52.8 Å². The van der Waals surface area contributed by atoms with E-state index in [1.54, 1.807) is 4.90 Å². The number of likely N-dealkylation sites (N-methyl/N-ethyl adjacent to an activating group) is 1. The summed E-state index contributed by atoms with van der Waals surface area (Å²) in [6.07, 6.45) is 6.35. The number of imide groups is 1. The Kier molecular flexibility index (Phi) is 6.24. The van der Waals surface area contributed by atoms with Crippen molar-refractivity contribution in [1.82, 2.24) is 15.1 Å². The Morgan fingerprint density at radius 2 is 1.92 bits per heavy atom. The van der Waals surface area contributed by atoms with Crippen LogP contribution in [0, 0.1) is 5.92 Å². The smallest absolute Gasteiger partial charge is 0.325 e. The van der Waals surface area contributed by atoms with Crippen molar-refractivity contribution >= 4 is 17.8 Å². The van der Waals surface area contributed by atoms with E-state index in [0.29, 0.717) is 31.8 Å².